The number of nitrogens with one attached hydrogen (secondary N) is 1. The number of rotatable bonds is 7. The van der Waals surface area contributed by atoms with E-state index >= 15 is 0 Å². The quantitative estimate of drug-likeness (QED) is 0.839. The molecule has 0 aliphatic rings. The number of alkyl halides is 3. The van der Waals surface area contributed by atoms with Crippen LogP contribution in [0.4, 0.5) is 13.2 Å². The summed E-state index contributed by atoms with van der Waals surface area (Å²) in [6.07, 6.45) is -5.32. The van der Waals surface area contributed by atoms with Crippen molar-refractivity contribution in [1.82, 2.24) is 5.32 Å². The van der Waals surface area contributed by atoms with Gasteiger partial charge in [0.05, 0.1) is 33.3 Å². The van der Waals surface area contributed by atoms with Crippen LogP contribution >= 0.6 is 0 Å². The molecule has 0 radical (unpaired) electrons. The zero-order valence-electron chi connectivity index (χ0n) is 12.5. The van der Waals surface area contributed by atoms with Crippen molar-refractivity contribution in [2.45, 2.75) is 25.6 Å². The smallest absolute Gasteiger partial charge is 0.390 e. The molecule has 0 fully saturated rings. The van der Waals surface area contributed by atoms with Gasteiger partial charge >= 0.3 is 6.18 Å². The molecule has 21 heavy (non-hydrogen) atoms. The van der Waals surface area contributed by atoms with Gasteiger partial charge in [0.1, 0.15) is 17.2 Å². The van der Waals surface area contributed by atoms with E-state index in [4.69, 9.17) is 14.2 Å². The van der Waals surface area contributed by atoms with E-state index in [1.54, 1.807) is 19.1 Å². The van der Waals surface area contributed by atoms with Gasteiger partial charge in [0.25, 0.3) is 0 Å². The first kappa shape index (κ1) is 17.4. The van der Waals surface area contributed by atoms with Crippen molar-refractivity contribution in [3.63, 3.8) is 0 Å². The van der Waals surface area contributed by atoms with E-state index in [1.165, 1.54) is 21.3 Å². The number of hydrogen-bond acceptors (Lipinski definition) is 4. The van der Waals surface area contributed by atoms with Gasteiger partial charge in [-0.15, -0.1) is 0 Å². The van der Waals surface area contributed by atoms with Crippen molar-refractivity contribution in [2.24, 2.45) is 0 Å². The Balaban J connectivity index is 3.33. The van der Waals surface area contributed by atoms with Gasteiger partial charge in [0.2, 0.25) is 0 Å². The lowest BCUT2D eigenvalue weighted by Gasteiger charge is -2.24. The average molecular weight is 307 g/mol. The summed E-state index contributed by atoms with van der Waals surface area (Å²) in [5, 5.41) is 2.82. The van der Waals surface area contributed by atoms with Crippen molar-refractivity contribution in [1.29, 1.82) is 0 Å². The zero-order valence-corrected chi connectivity index (χ0v) is 12.5. The molecule has 0 aliphatic heterocycles. The predicted molar refractivity (Wildman–Crippen MR) is 73.2 cm³/mol. The van der Waals surface area contributed by atoms with Crippen molar-refractivity contribution in [2.75, 3.05) is 27.9 Å². The van der Waals surface area contributed by atoms with Crippen molar-refractivity contribution in [3.8, 4) is 17.2 Å². The van der Waals surface area contributed by atoms with Gasteiger partial charge in [-0.3, -0.25) is 0 Å². The van der Waals surface area contributed by atoms with Crippen LogP contribution in [0.25, 0.3) is 0 Å². The molecule has 0 saturated heterocycles. The molecule has 0 aromatic heterocycles. The molecule has 0 amide bonds. The van der Waals surface area contributed by atoms with E-state index in [1.807, 2.05) is 0 Å². The maximum atomic E-state index is 12.8. The standard InChI is InChI=1S/C14H20F3NO3/c1-5-18-10(8-14(15,16)17)13-11(20-3)6-9(19-2)7-12(13)21-4/h6-7,10,18H,5,8H2,1-4H3. The second kappa shape index (κ2) is 7.40. The third-order valence-corrected chi connectivity index (χ3v) is 2.99. The third kappa shape index (κ3) is 4.70. The first-order chi connectivity index (χ1) is 9.86. The van der Waals surface area contributed by atoms with Gasteiger partial charge in [0, 0.05) is 18.2 Å². The first-order valence-electron chi connectivity index (χ1n) is 6.46. The molecule has 4 nitrogen and oxygen atoms in total. The topological polar surface area (TPSA) is 39.7 Å². The second-order valence-electron chi connectivity index (χ2n) is 4.38. The number of benzene rings is 1. The molecule has 1 atom stereocenters. The van der Waals surface area contributed by atoms with Crippen LogP contribution in [0, 0.1) is 0 Å². The van der Waals surface area contributed by atoms with E-state index in [0.717, 1.165) is 0 Å². The molecule has 7 heteroatoms. The highest BCUT2D eigenvalue weighted by atomic mass is 19.4. The van der Waals surface area contributed by atoms with Crippen LogP contribution in [0.2, 0.25) is 0 Å². The van der Waals surface area contributed by atoms with Crippen molar-refractivity contribution >= 4 is 0 Å². The predicted octanol–water partition coefficient (Wildman–Crippen LogP) is 3.32. The van der Waals surface area contributed by atoms with Gasteiger partial charge in [0.15, 0.2) is 0 Å². The highest BCUT2D eigenvalue weighted by molar-refractivity contribution is 5.52. The van der Waals surface area contributed by atoms with Crippen molar-refractivity contribution < 1.29 is 27.4 Å². The molecule has 1 unspecified atom stereocenters. The third-order valence-electron chi connectivity index (χ3n) is 2.99. The molecule has 1 rings (SSSR count). The SMILES string of the molecule is CCNC(CC(F)(F)F)c1c(OC)cc(OC)cc1OC. The minimum Gasteiger partial charge on any atom is -0.496 e. The molecule has 120 valence electrons. The Hall–Kier alpha value is -1.63. The fourth-order valence-electron chi connectivity index (χ4n) is 2.13. The Morgan fingerprint density at radius 1 is 1.05 bits per heavy atom. The molecular weight excluding hydrogens is 287 g/mol. The number of halogens is 3. The first-order valence-corrected chi connectivity index (χ1v) is 6.46. The van der Waals surface area contributed by atoms with Gasteiger partial charge in [-0.05, 0) is 6.54 Å². The highest BCUT2D eigenvalue weighted by Crippen LogP contribution is 2.42. The van der Waals surface area contributed by atoms with E-state index in [9.17, 15) is 13.2 Å². The molecule has 1 aromatic carbocycles. The lowest BCUT2D eigenvalue weighted by atomic mass is 10.0. The number of hydrogen-bond donors (Lipinski definition) is 1. The Bertz CT molecular complexity index is 438. The summed E-state index contributed by atoms with van der Waals surface area (Å²) < 4.78 is 53.9. The van der Waals surface area contributed by atoms with Crippen LogP contribution in [0.1, 0.15) is 24.9 Å². The Morgan fingerprint density at radius 2 is 1.57 bits per heavy atom. The van der Waals surface area contributed by atoms with E-state index in [-0.39, 0.29) is 0 Å². The Morgan fingerprint density at radius 3 is 1.90 bits per heavy atom. The summed E-state index contributed by atoms with van der Waals surface area (Å²) >= 11 is 0. The lowest BCUT2D eigenvalue weighted by Crippen LogP contribution is -2.27. The van der Waals surface area contributed by atoms with E-state index in [2.05, 4.69) is 5.32 Å². The summed E-state index contributed by atoms with van der Waals surface area (Å²) in [5.41, 5.74) is 0.333. The molecule has 0 spiro atoms. The molecule has 0 heterocycles. The fourth-order valence-corrected chi connectivity index (χ4v) is 2.13. The fraction of sp³-hybridized carbons (Fsp3) is 0.571. The van der Waals surface area contributed by atoms with E-state index < -0.39 is 18.6 Å². The van der Waals surface area contributed by atoms with Gasteiger partial charge in [-0.1, -0.05) is 6.92 Å². The summed E-state index contributed by atoms with van der Waals surface area (Å²) in [4.78, 5) is 0. The molecule has 0 bridgehead atoms. The maximum Gasteiger partial charge on any atom is 0.390 e. The van der Waals surface area contributed by atoms with Gasteiger partial charge in [-0.25, -0.2) is 0 Å². The van der Waals surface area contributed by atoms with Gasteiger partial charge in [-0.2, -0.15) is 13.2 Å². The molecule has 0 saturated carbocycles. The molecule has 0 aliphatic carbocycles. The van der Waals surface area contributed by atoms with Crippen LogP contribution in [0.15, 0.2) is 12.1 Å². The molecule has 1 aromatic rings. The lowest BCUT2D eigenvalue weighted by molar-refractivity contribution is -0.140. The van der Waals surface area contributed by atoms with Crippen LogP contribution < -0.4 is 19.5 Å². The summed E-state index contributed by atoms with van der Waals surface area (Å²) in [6.45, 7) is 2.13. The summed E-state index contributed by atoms with van der Waals surface area (Å²) in [5.74, 6) is 1.04. The molecule has 1 N–H and O–H groups in total. The summed E-state index contributed by atoms with van der Waals surface area (Å²) in [6, 6.07) is 2.13. The molecular formula is C14H20F3NO3. The van der Waals surface area contributed by atoms with E-state index in [0.29, 0.717) is 29.4 Å². The Labute approximate surface area is 122 Å². The van der Waals surface area contributed by atoms with Crippen LogP contribution in [0.5, 0.6) is 17.2 Å². The van der Waals surface area contributed by atoms with Crippen LogP contribution in [0.3, 0.4) is 0 Å². The van der Waals surface area contributed by atoms with Crippen LogP contribution in [-0.4, -0.2) is 34.1 Å². The summed E-state index contributed by atoms with van der Waals surface area (Å²) in [7, 11) is 4.26. The largest absolute Gasteiger partial charge is 0.496 e. The minimum atomic E-state index is -4.30. The average Bonchev–Trinajstić information content (AvgIpc) is 2.43. The van der Waals surface area contributed by atoms with Crippen LogP contribution in [-0.2, 0) is 0 Å². The maximum absolute atomic E-state index is 12.8. The van der Waals surface area contributed by atoms with Gasteiger partial charge < -0.3 is 19.5 Å². The van der Waals surface area contributed by atoms with Crippen molar-refractivity contribution in [3.05, 3.63) is 17.7 Å². The Kier molecular flexibility index (Phi) is 6.14. The minimum absolute atomic E-state index is 0.293. The number of methoxy groups -OCH3 is 3. The zero-order chi connectivity index (χ0) is 16.0. The highest BCUT2D eigenvalue weighted by Gasteiger charge is 2.35. The second-order valence-corrected chi connectivity index (χ2v) is 4.38. The monoisotopic (exact) mass is 307 g/mol. The normalized spacial score (nSPS) is 12.9. The number of ether oxygens (including phenoxy) is 3.